The molecule has 0 amide bonds. The molecule has 6 N–H and O–H groups in total. The van der Waals surface area contributed by atoms with Gasteiger partial charge in [0.1, 0.15) is 48.8 Å². The van der Waals surface area contributed by atoms with Gasteiger partial charge in [-0.3, -0.25) is 0 Å². The third-order valence-electron chi connectivity index (χ3n) is 4.47. The lowest BCUT2D eigenvalue weighted by atomic mass is 9.97. The van der Waals surface area contributed by atoms with Crippen LogP contribution in [0, 0.1) is 0 Å². The Balaban J connectivity index is 2.18. The fraction of sp³-hybridized carbons (Fsp3) is 1.00. The zero-order valence-electron chi connectivity index (χ0n) is 13.9. The summed E-state index contributed by atoms with van der Waals surface area (Å²) in [5, 5.41) is 58.7. The van der Waals surface area contributed by atoms with Crippen LogP contribution in [0.4, 0.5) is 0 Å². The minimum absolute atomic E-state index is 0.548. The Morgan fingerprint density at radius 2 is 1.32 bits per heavy atom. The van der Waals surface area contributed by atoms with E-state index in [0.717, 1.165) is 0 Å². The molecule has 0 bridgehead atoms. The molecular formula is C14H26O11. The first-order valence-corrected chi connectivity index (χ1v) is 7.85. The third-order valence-corrected chi connectivity index (χ3v) is 4.47. The highest BCUT2D eigenvalue weighted by atomic mass is 16.7. The van der Waals surface area contributed by atoms with E-state index in [0.29, 0.717) is 0 Å². The van der Waals surface area contributed by atoms with Crippen LogP contribution in [0.5, 0.6) is 0 Å². The summed E-state index contributed by atoms with van der Waals surface area (Å²) in [6, 6.07) is 0. The molecule has 25 heavy (non-hydrogen) atoms. The van der Waals surface area contributed by atoms with Gasteiger partial charge < -0.3 is 54.3 Å². The van der Waals surface area contributed by atoms with Gasteiger partial charge in [0.2, 0.25) is 0 Å². The molecule has 2 heterocycles. The highest BCUT2D eigenvalue weighted by molar-refractivity contribution is 4.94. The second kappa shape index (κ2) is 8.97. The van der Waals surface area contributed by atoms with Crippen LogP contribution in [0.25, 0.3) is 0 Å². The minimum atomic E-state index is -1.59. The van der Waals surface area contributed by atoms with Crippen LogP contribution in [-0.2, 0) is 23.7 Å². The first kappa shape index (κ1) is 20.9. The van der Waals surface area contributed by atoms with E-state index in [1.54, 1.807) is 0 Å². The molecule has 148 valence electrons. The van der Waals surface area contributed by atoms with Crippen molar-refractivity contribution in [2.45, 2.75) is 61.4 Å². The van der Waals surface area contributed by atoms with Crippen LogP contribution < -0.4 is 0 Å². The second-order valence-corrected chi connectivity index (χ2v) is 5.95. The SMILES string of the molecule is CO[C@@H]1[C@H](O)[C@@H](O[C@H]2[C@H](OC)[C@H](O)[C@@H](O)O[C@@H]2CO)O[C@H](CO)[C@H]1O. The Bertz CT molecular complexity index is 410. The van der Waals surface area contributed by atoms with Crippen LogP contribution in [0.1, 0.15) is 0 Å². The Morgan fingerprint density at radius 3 is 1.84 bits per heavy atom. The Labute approximate surface area is 144 Å². The van der Waals surface area contributed by atoms with Gasteiger partial charge in [-0.1, -0.05) is 0 Å². The number of aliphatic hydroxyl groups is 6. The van der Waals surface area contributed by atoms with Gasteiger partial charge in [-0.05, 0) is 0 Å². The lowest BCUT2D eigenvalue weighted by Gasteiger charge is -2.46. The van der Waals surface area contributed by atoms with Crippen LogP contribution in [0.3, 0.4) is 0 Å². The number of aliphatic hydroxyl groups excluding tert-OH is 6. The molecule has 2 fully saturated rings. The van der Waals surface area contributed by atoms with Gasteiger partial charge >= 0.3 is 0 Å². The maximum absolute atomic E-state index is 10.3. The standard InChI is InChI=1S/C14H26O11/c1-21-11-7(17)5(3-15)24-14(9(11)19)25-10-6(4-16)23-13(20)8(18)12(10)22-2/h5-20H,3-4H2,1-2H3/t5-,6-,7-,8+,9+,10-,11+,12-,13+,14-/m1/s1. The Kier molecular flexibility index (Phi) is 7.49. The van der Waals surface area contributed by atoms with Gasteiger partial charge in [0.15, 0.2) is 12.6 Å². The van der Waals surface area contributed by atoms with Gasteiger partial charge in [0.05, 0.1) is 13.2 Å². The molecule has 2 aliphatic rings. The van der Waals surface area contributed by atoms with Crippen molar-refractivity contribution >= 4 is 0 Å². The lowest BCUT2D eigenvalue weighted by Crippen LogP contribution is -2.65. The summed E-state index contributed by atoms with van der Waals surface area (Å²) in [5.41, 5.74) is 0. The highest BCUT2D eigenvalue weighted by Gasteiger charge is 2.51. The van der Waals surface area contributed by atoms with E-state index in [2.05, 4.69) is 0 Å². The fourth-order valence-corrected chi connectivity index (χ4v) is 3.09. The summed E-state index contributed by atoms with van der Waals surface area (Å²) < 4.78 is 26.2. The lowest BCUT2D eigenvalue weighted by molar-refractivity contribution is -0.358. The van der Waals surface area contributed by atoms with E-state index in [1.807, 2.05) is 0 Å². The van der Waals surface area contributed by atoms with Crippen molar-refractivity contribution in [1.29, 1.82) is 0 Å². The molecule has 2 saturated heterocycles. The van der Waals surface area contributed by atoms with Gasteiger partial charge in [-0.2, -0.15) is 0 Å². The summed E-state index contributed by atoms with van der Waals surface area (Å²) in [6.07, 6.45) is -12.6. The van der Waals surface area contributed by atoms with Crippen LogP contribution >= 0.6 is 0 Å². The van der Waals surface area contributed by atoms with E-state index in [4.69, 9.17) is 23.7 Å². The second-order valence-electron chi connectivity index (χ2n) is 5.95. The largest absolute Gasteiger partial charge is 0.394 e. The quantitative estimate of drug-likeness (QED) is 0.269. The maximum atomic E-state index is 10.3. The zero-order chi connectivity index (χ0) is 18.7. The molecule has 0 radical (unpaired) electrons. The van der Waals surface area contributed by atoms with Gasteiger partial charge in [0.25, 0.3) is 0 Å². The molecule has 0 aromatic carbocycles. The summed E-state index contributed by atoms with van der Waals surface area (Å²) in [7, 11) is 2.54. The fourth-order valence-electron chi connectivity index (χ4n) is 3.09. The molecular weight excluding hydrogens is 344 g/mol. The first-order chi connectivity index (χ1) is 11.9. The number of hydrogen-bond acceptors (Lipinski definition) is 11. The number of rotatable bonds is 6. The molecule has 11 nitrogen and oxygen atoms in total. The van der Waals surface area contributed by atoms with Gasteiger partial charge in [-0.25, -0.2) is 0 Å². The van der Waals surface area contributed by atoms with E-state index >= 15 is 0 Å². The zero-order valence-corrected chi connectivity index (χ0v) is 13.9. The number of hydrogen-bond donors (Lipinski definition) is 6. The van der Waals surface area contributed by atoms with E-state index in [9.17, 15) is 30.6 Å². The average Bonchev–Trinajstić information content (AvgIpc) is 2.60. The average molecular weight is 370 g/mol. The van der Waals surface area contributed by atoms with E-state index in [-0.39, 0.29) is 0 Å². The third kappa shape index (κ3) is 4.12. The van der Waals surface area contributed by atoms with E-state index < -0.39 is 74.6 Å². The van der Waals surface area contributed by atoms with Gasteiger partial charge in [-0.15, -0.1) is 0 Å². The van der Waals surface area contributed by atoms with Crippen molar-refractivity contribution in [3.8, 4) is 0 Å². The smallest absolute Gasteiger partial charge is 0.187 e. The van der Waals surface area contributed by atoms with Crippen molar-refractivity contribution in [1.82, 2.24) is 0 Å². The molecule has 0 spiro atoms. The van der Waals surface area contributed by atoms with Gasteiger partial charge in [0, 0.05) is 14.2 Å². The van der Waals surface area contributed by atoms with Crippen LogP contribution in [0.15, 0.2) is 0 Å². The molecule has 2 aliphatic heterocycles. The molecule has 0 aromatic heterocycles. The van der Waals surface area contributed by atoms with Crippen molar-refractivity contribution in [3.05, 3.63) is 0 Å². The van der Waals surface area contributed by atoms with Crippen molar-refractivity contribution in [2.24, 2.45) is 0 Å². The topological polar surface area (TPSA) is 168 Å². The van der Waals surface area contributed by atoms with Crippen molar-refractivity contribution < 1.29 is 54.3 Å². The first-order valence-electron chi connectivity index (χ1n) is 7.85. The number of methoxy groups -OCH3 is 2. The molecule has 0 aromatic rings. The maximum Gasteiger partial charge on any atom is 0.187 e. The van der Waals surface area contributed by atoms with Crippen LogP contribution in [-0.4, -0.2) is 119 Å². The summed E-state index contributed by atoms with van der Waals surface area (Å²) in [5.74, 6) is 0. The minimum Gasteiger partial charge on any atom is -0.394 e. The summed E-state index contributed by atoms with van der Waals surface area (Å²) in [4.78, 5) is 0. The molecule has 11 heteroatoms. The number of ether oxygens (including phenoxy) is 5. The Morgan fingerprint density at radius 1 is 0.720 bits per heavy atom. The summed E-state index contributed by atoms with van der Waals surface area (Å²) >= 11 is 0. The predicted molar refractivity (Wildman–Crippen MR) is 78.2 cm³/mol. The monoisotopic (exact) mass is 370 g/mol. The Hall–Kier alpha value is -0.440. The predicted octanol–water partition coefficient (Wildman–Crippen LogP) is -4.09. The van der Waals surface area contributed by atoms with Crippen molar-refractivity contribution in [2.75, 3.05) is 27.4 Å². The summed E-state index contributed by atoms with van der Waals surface area (Å²) in [6.45, 7) is -1.11. The molecule has 10 atom stereocenters. The molecule has 0 unspecified atom stereocenters. The van der Waals surface area contributed by atoms with E-state index in [1.165, 1.54) is 14.2 Å². The molecule has 2 rings (SSSR count). The normalized spacial score (nSPS) is 48.5. The molecule has 0 saturated carbocycles. The molecule has 0 aliphatic carbocycles. The van der Waals surface area contributed by atoms with Crippen molar-refractivity contribution in [3.63, 3.8) is 0 Å². The van der Waals surface area contributed by atoms with Crippen LogP contribution in [0.2, 0.25) is 0 Å². The highest BCUT2D eigenvalue weighted by Crippen LogP contribution is 2.30.